The summed E-state index contributed by atoms with van der Waals surface area (Å²) >= 11 is 5.48. The summed E-state index contributed by atoms with van der Waals surface area (Å²) in [5, 5.41) is 3.40. The van der Waals surface area contributed by atoms with Crippen LogP contribution in [0.1, 0.15) is 22.8 Å². The quantitative estimate of drug-likeness (QED) is 0.641. The number of carbonyl (C=O) groups excluding carboxylic acids is 1. The Bertz CT molecular complexity index is 1090. The third kappa shape index (κ3) is 3.38. The van der Waals surface area contributed by atoms with Gasteiger partial charge in [-0.2, -0.15) is 0 Å². The van der Waals surface area contributed by atoms with Crippen LogP contribution in [0.2, 0.25) is 0 Å². The number of fused-ring (bicyclic) bond motifs is 1. The molecule has 3 rings (SSSR count). The fourth-order valence-electron chi connectivity index (χ4n) is 2.47. The van der Waals surface area contributed by atoms with Gasteiger partial charge in [0.05, 0.1) is 12.5 Å². The minimum Gasteiger partial charge on any atom is -0.495 e. The van der Waals surface area contributed by atoms with Crippen molar-refractivity contribution in [1.82, 2.24) is 5.16 Å². The van der Waals surface area contributed by atoms with Crippen LogP contribution in [0, 0.1) is 0 Å². The number of halogens is 1. The van der Waals surface area contributed by atoms with Crippen LogP contribution in [-0.4, -0.2) is 25.9 Å². The van der Waals surface area contributed by atoms with Crippen molar-refractivity contribution in [3.8, 4) is 5.75 Å². The molecular formula is C17H15ClN2O5S. The van der Waals surface area contributed by atoms with Gasteiger partial charge in [0.2, 0.25) is 0 Å². The number of sulfonamides is 1. The highest BCUT2D eigenvalue weighted by atomic mass is 35.5. The molecule has 3 aromatic rings. The summed E-state index contributed by atoms with van der Waals surface area (Å²) in [6, 6.07) is 9.30. The Morgan fingerprint density at radius 3 is 2.69 bits per heavy atom. The van der Waals surface area contributed by atoms with Crippen molar-refractivity contribution in [1.29, 1.82) is 0 Å². The summed E-state index contributed by atoms with van der Waals surface area (Å²) in [5.74, 6) is 0.169. The van der Waals surface area contributed by atoms with Gasteiger partial charge in [0.1, 0.15) is 10.6 Å². The van der Waals surface area contributed by atoms with Crippen molar-refractivity contribution in [3.05, 3.63) is 47.5 Å². The Labute approximate surface area is 154 Å². The first-order valence-electron chi connectivity index (χ1n) is 7.64. The molecule has 0 saturated heterocycles. The molecule has 0 aliphatic carbocycles. The molecule has 0 amide bonds. The van der Waals surface area contributed by atoms with Crippen molar-refractivity contribution in [2.24, 2.45) is 0 Å². The van der Waals surface area contributed by atoms with Gasteiger partial charge in [0, 0.05) is 5.56 Å². The highest BCUT2D eigenvalue weighted by Gasteiger charge is 2.23. The zero-order chi connectivity index (χ0) is 18.9. The van der Waals surface area contributed by atoms with E-state index in [1.807, 2.05) is 6.92 Å². The second kappa shape index (κ2) is 6.97. The van der Waals surface area contributed by atoms with Crippen molar-refractivity contribution in [2.75, 3.05) is 11.8 Å². The smallest absolute Gasteiger partial charge is 0.266 e. The third-order valence-electron chi connectivity index (χ3n) is 3.85. The largest absolute Gasteiger partial charge is 0.495 e. The third-order valence-corrected chi connectivity index (χ3v) is 5.43. The maximum absolute atomic E-state index is 12.8. The van der Waals surface area contributed by atoms with Crippen LogP contribution in [0.4, 0.5) is 5.82 Å². The molecule has 2 aromatic carbocycles. The number of aromatic nitrogens is 1. The molecule has 0 radical (unpaired) electrons. The van der Waals surface area contributed by atoms with E-state index in [-0.39, 0.29) is 22.0 Å². The predicted octanol–water partition coefficient (Wildman–Crippen LogP) is 3.58. The molecule has 7 nitrogen and oxygen atoms in total. The first-order chi connectivity index (χ1) is 12.4. The molecule has 0 atom stereocenters. The SMILES string of the molecule is CCc1ccc(OC)c(S(=O)(=O)Nc2noc3ccc(C(=O)Cl)cc23)c1. The zero-order valence-electron chi connectivity index (χ0n) is 13.9. The molecule has 0 saturated carbocycles. The van der Waals surface area contributed by atoms with Crippen LogP contribution in [0.3, 0.4) is 0 Å². The van der Waals surface area contributed by atoms with Crippen LogP contribution in [0.5, 0.6) is 5.75 Å². The normalized spacial score (nSPS) is 11.5. The molecule has 0 bridgehead atoms. The van der Waals surface area contributed by atoms with E-state index < -0.39 is 15.3 Å². The molecule has 26 heavy (non-hydrogen) atoms. The van der Waals surface area contributed by atoms with Gasteiger partial charge in [-0.1, -0.05) is 18.1 Å². The number of rotatable bonds is 6. The number of hydrogen-bond acceptors (Lipinski definition) is 6. The lowest BCUT2D eigenvalue weighted by molar-refractivity contribution is 0.108. The monoisotopic (exact) mass is 394 g/mol. The Balaban J connectivity index is 2.07. The average molecular weight is 395 g/mol. The lowest BCUT2D eigenvalue weighted by atomic mass is 10.2. The predicted molar refractivity (Wildman–Crippen MR) is 97.4 cm³/mol. The van der Waals surface area contributed by atoms with Crippen LogP contribution in [0.15, 0.2) is 45.8 Å². The molecule has 9 heteroatoms. The lowest BCUT2D eigenvalue weighted by Gasteiger charge is -2.11. The number of methoxy groups -OCH3 is 1. The topological polar surface area (TPSA) is 98.5 Å². The number of anilines is 1. The van der Waals surface area contributed by atoms with E-state index in [4.69, 9.17) is 20.9 Å². The molecule has 0 aliphatic heterocycles. The van der Waals surface area contributed by atoms with E-state index in [9.17, 15) is 13.2 Å². The molecule has 1 heterocycles. The highest BCUT2D eigenvalue weighted by Crippen LogP contribution is 2.30. The maximum atomic E-state index is 12.8. The molecule has 0 fully saturated rings. The first kappa shape index (κ1) is 18.2. The van der Waals surface area contributed by atoms with Crippen LogP contribution in [0.25, 0.3) is 11.0 Å². The number of ether oxygens (including phenoxy) is 1. The fourth-order valence-corrected chi connectivity index (χ4v) is 3.82. The van der Waals surface area contributed by atoms with Crippen molar-refractivity contribution in [2.45, 2.75) is 18.2 Å². The Morgan fingerprint density at radius 2 is 2.04 bits per heavy atom. The van der Waals surface area contributed by atoms with E-state index in [2.05, 4.69) is 9.88 Å². The van der Waals surface area contributed by atoms with Gasteiger partial charge in [0.25, 0.3) is 15.3 Å². The summed E-state index contributed by atoms with van der Waals surface area (Å²) in [6.45, 7) is 1.92. The lowest BCUT2D eigenvalue weighted by Crippen LogP contribution is -2.15. The summed E-state index contributed by atoms with van der Waals surface area (Å²) in [6.07, 6.45) is 0.667. The molecule has 0 unspecified atom stereocenters. The minimum atomic E-state index is -4.00. The number of hydrogen-bond donors (Lipinski definition) is 1. The fraction of sp³-hybridized carbons (Fsp3) is 0.176. The number of aryl methyl sites for hydroxylation is 1. The van der Waals surface area contributed by atoms with Crippen molar-refractivity contribution < 1.29 is 22.5 Å². The summed E-state index contributed by atoms with van der Waals surface area (Å²) in [7, 11) is -2.61. The Morgan fingerprint density at radius 1 is 1.27 bits per heavy atom. The van der Waals surface area contributed by atoms with Gasteiger partial charge in [-0.25, -0.2) is 8.42 Å². The maximum Gasteiger partial charge on any atom is 0.266 e. The number of benzene rings is 2. The molecule has 1 N–H and O–H groups in total. The molecule has 0 aliphatic rings. The van der Waals surface area contributed by atoms with Gasteiger partial charge >= 0.3 is 0 Å². The van der Waals surface area contributed by atoms with E-state index in [1.165, 1.54) is 31.4 Å². The van der Waals surface area contributed by atoms with Crippen LogP contribution < -0.4 is 9.46 Å². The summed E-state index contributed by atoms with van der Waals surface area (Å²) in [5.41, 5.74) is 1.36. The standard InChI is InChI=1S/C17H15ClN2O5S/c1-3-10-4-6-14(24-2)15(8-10)26(22,23)20-17-12-9-11(16(18)21)5-7-13(12)25-19-17/h4-9H,3H2,1-2H3,(H,19,20). The number of nitrogens with zero attached hydrogens (tertiary/aromatic N) is 1. The summed E-state index contributed by atoms with van der Waals surface area (Å²) < 4.78 is 38.3. The van der Waals surface area contributed by atoms with Gasteiger partial charge in [0.15, 0.2) is 11.4 Å². The van der Waals surface area contributed by atoms with Crippen molar-refractivity contribution in [3.63, 3.8) is 0 Å². The second-order valence-corrected chi connectivity index (χ2v) is 7.45. The van der Waals surface area contributed by atoms with E-state index in [0.29, 0.717) is 17.4 Å². The highest BCUT2D eigenvalue weighted by molar-refractivity contribution is 7.92. The first-order valence-corrected chi connectivity index (χ1v) is 9.51. The Hall–Kier alpha value is -2.58. The molecule has 136 valence electrons. The van der Waals surface area contributed by atoms with Gasteiger partial charge < -0.3 is 9.26 Å². The van der Waals surface area contributed by atoms with Crippen molar-refractivity contribution >= 4 is 43.7 Å². The van der Waals surface area contributed by atoms with Gasteiger partial charge in [-0.3, -0.25) is 9.52 Å². The zero-order valence-corrected chi connectivity index (χ0v) is 15.5. The molecule has 1 aromatic heterocycles. The summed E-state index contributed by atoms with van der Waals surface area (Å²) in [4.78, 5) is 11.3. The number of carbonyl (C=O) groups is 1. The van der Waals surface area contributed by atoms with Gasteiger partial charge in [-0.15, -0.1) is 0 Å². The van der Waals surface area contributed by atoms with Crippen LogP contribution >= 0.6 is 11.6 Å². The second-order valence-electron chi connectivity index (χ2n) is 5.46. The minimum absolute atomic E-state index is 0.0138. The van der Waals surface area contributed by atoms with Gasteiger partial charge in [-0.05, 0) is 53.9 Å². The Kier molecular flexibility index (Phi) is 4.88. The van der Waals surface area contributed by atoms with Crippen LogP contribution in [-0.2, 0) is 16.4 Å². The molecular weight excluding hydrogens is 380 g/mol. The average Bonchev–Trinajstić information content (AvgIpc) is 3.02. The number of nitrogens with one attached hydrogen (secondary N) is 1. The van der Waals surface area contributed by atoms with E-state index >= 15 is 0 Å². The molecule has 0 spiro atoms. The van der Waals surface area contributed by atoms with E-state index in [0.717, 1.165) is 5.56 Å². The van der Waals surface area contributed by atoms with E-state index in [1.54, 1.807) is 12.1 Å².